The smallest absolute Gasteiger partial charge is 0.101 e. The lowest BCUT2D eigenvalue weighted by Gasteiger charge is -2.23. The fraction of sp³-hybridized carbons (Fsp3) is 0.455. The molecule has 1 aromatic rings. The highest BCUT2D eigenvalue weighted by atomic mass is 16.5. The molecule has 0 radical (unpaired) electrons. The summed E-state index contributed by atoms with van der Waals surface area (Å²) >= 11 is 0. The molecule has 0 aliphatic carbocycles. The van der Waals surface area contributed by atoms with E-state index in [1.54, 1.807) is 0 Å². The number of hydrogen-bond donors (Lipinski definition) is 2. The van der Waals surface area contributed by atoms with E-state index >= 15 is 0 Å². The number of benzene rings is 1. The van der Waals surface area contributed by atoms with Crippen LogP contribution in [0.1, 0.15) is 18.1 Å². The number of nitrogens with one attached hydrogen (secondary N) is 1. The minimum Gasteiger partial charge on any atom is -0.394 e. The fourth-order valence-corrected chi connectivity index (χ4v) is 2.38. The number of fused-ring (bicyclic) bond motifs is 4. The molecule has 0 amide bonds. The first-order valence-corrected chi connectivity index (χ1v) is 5.00. The summed E-state index contributed by atoms with van der Waals surface area (Å²) in [5.74, 6) is 0. The van der Waals surface area contributed by atoms with Gasteiger partial charge in [0.1, 0.15) is 6.10 Å². The Kier molecular flexibility index (Phi) is 1.75. The molecule has 2 aliphatic rings. The standard InChI is InChI=1S/C11H13NO2/c13-6-11-9-5-10(14-11)7-3-1-2-4-8(7)12-9/h1-4,9-13H,5-6H2/t9-,10-,11+/m1/s1. The van der Waals surface area contributed by atoms with Gasteiger partial charge in [0, 0.05) is 17.7 Å². The van der Waals surface area contributed by atoms with Crippen molar-refractivity contribution in [1.29, 1.82) is 0 Å². The number of hydrogen-bond acceptors (Lipinski definition) is 3. The van der Waals surface area contributed by atoms with Gasteiger partial charge in [-0.1, -0.05) is 18.2 Å². The molecule has 0 aromatic heterocycles. The number of rotatable bonds is 1. The van der Waals surface area contributed by atoms with E-state index in [0.29, 0.717) is 0 Å². The van der Waals surface area contributed by atoms with Crippen LogP contribution < -0.4 is 5.32 Å². The summed E-state index contributed by atoms with van der Waals surface area (Å²) < 4.78 is 5.75. The summed E-state index contributed by atoms with van der Waals surface area (Å²) in [6.45, 7) is 0.0994. The van der Waals surface area contributed by atoms with Crippen LogP contribution in [-0.4, -0.2) is 23.9 Å². The fourth-order valence-electron chi connectivity index (χ4n) is 2.38. The molecule has 0 spiro atoms. The van der Waals surface area contributed by atoms with Gasteiger partial charge in [-0.2, -0.15) is 0 Å². The average molecular weight is 191 g/mol. The maximum absolute atomic E-state index is 9.13. The molecule has 2 aliphatic heterocycles. The summed E-state index contributed by atoms with van der Waals surface area (Å²) in [7, 11) is 0. The Morgan fingerprint density at radius 3 is 3.14 bits per heavy atom. The lowest BCUT2D eigenvalue weighted by Crippen LogP contribution is -2.32. The summed E-state index contributed by atoms with van der Waals surface area (Å²) in [5.41, 5.74) is 2.38. The van der Waals surface area contributed by atoms with E-state index in [1.165, 1.54) is 5.56 Å². The van der Waals surface area contributed by atoms with Crippen molar-refractivity contribution in [3.05, 3.63) is 29.8 Å². The minimum absolute atomic E-state index is 0.0487. The Labute approximate surface area is 82.7 Å². The molecule has 3 heteroatoms. The van der Waals surface area contributed by atoms with E-state index in [4.69, 9.17) is 9.84 Å². The Morgan fingerprint density at radius 2 is 2.29 bits per heavy atom. The lowest BCUT2D eigenvalue weighted by molar-refractivity contribution is 0.0113. The Hall–Kier alpha value is -1.06. The van der Waals surface area contributed by atoms with Crippen molar-refractivity contribution < 1.29 is 9.84 Å². The van der Waals surface area contributed by atoms with Crippen molar-refractivity contribution in [2.75, 3.05) is 11.9 Å². The zero-order valence-electron chi connectivity index (χ0n) is 7.81. The van der Waals surface area contributed by atoms with Crippen LogP contribution in [0.15, 0.2) is 24.3 Å². The van der Waals surface area contributed by atoms with Crippen LogP contribution in [0.5, 0.6) is 0 Å². The first kappa shape index (κ1) is 8.26. The van der Waals surface area contributed by atoms with Crippen molar-refractivity contribution in [3.8, 4) is 0 Å². The number of aliphatic hydroxyl groups excluding tert-OH is 1. The topological polar surface area (TPSA) is 41.5 Å². The molecule has 0 unspecified atom stereocenters. The van der Waals surface area contributed by atoms with E-state index in [2.05, 4.69) is 17.4 Å². The SMILES string of the molecule is OC[C@@H]1O[C@@H]2C[C@H]1Nc1ccccc12. The van der Waals surface area contributed by atoms with Crippen molar-refractivity contribution in [2.24, 2.45) is 0 Å². The molecule has 1 fully saturated rings. The highest BCUT2D eigenvalue weighted by Gasteiger charge is 2.40. The second kappa shape index (κ2) is 2.97. The zero-order valence-corrected chi connectivity index (χ0v) is 7.81. The van der Waals surface area contributed by atoms with Crippen LogP contribution in [-0.2, 0) is 4.74 Å². The van der Waals surface area contributed by atoms with Gasteiger partial charge in [0.15, 0.2) is 0 Å². The van der Waals surface area contributed by atoms with Gasteiger partial charge in [0.2, 0.25) is 0 Å². The third-order valence-electron chi connectivity index (χ3n) is 3.08. The first-order valence-electron chi connectivity index (χ1n) is 5.00. The highest BCUT2D eigenvalue weighted by Crippen LogP contribution is 2.42. The van der Waals surface area contributed by atoms with E-state index in [9.17, 15) is 0 Å². The molecule has 3 nitrogen and oxygen atoms in total. The molecular formula is C11H13NO2. The van der Waals surface area contributed by atoms with Gasteiger partial charge in [0.05, 0.1) is 18.8 Å². The summed E-state index contributed by atoms with van der Waals surface area (Å²) in [6, 6.07) is 8.47. The lowest BCUT2D eigenvalue weighted by atomic mass is 9.96. The van der Waals surface area contributed by atoms with Crippen LogP contribution in [0.4, 0.5) is 5.69 Å². The maximum Gasteiger partial charge on any atom is 0.101 e. The van der Waals surface area contributed by atoms with E-state index in [0.717, 1.165) is 12.1 Å². The van der Waals surface area contributed by atoms with Gasteiger partial charge in [-0.25, -0.2) is 0 Å². The van der Waals surface area contributed by atoms with Gasteiger partial charge in [-0.3, -0.25) is 0 Å². The van der Waals surface area contributed by atoms with Crippen LogP contribution in [0.3, 0.4) is 0 Å². The van der Waals surface area contributed by atoms with Gasteiger partial charge in [0.25, 0.3) is 0 Å². The molecule has 14 heavy (non-hydrogen) atoms. The normalized spacial score (nSPS) is 33.6. The summed E-state index contributed by atoms with van der Waals surface area (Å²) in [6.07, 6.45) is 1.10. The summed E-state index contributed by atoms with van der Waals surface area (Å²) in [5, 5.41) is 12.5. The second-order valence-electron chi connectivity index (χ2n) is 3.92. The third-order valence-corrected chi connectivity index (χ3v) is 3.08. The van der Waals surface area contributed by atoms with Crippen LogP contribution in [0.2, 0.25) is 0 Å². The molecule has 2 bridgehead atoms. The second-order valence-corrected chi connectivity index (χ2v) is 3.92. The Bertz CT molecular complexity index is 353. The van der Waals surface area contributed by atoms with Crippen LogP contribution in [0, 0.1) is 0 Å². The number of para-hydroxylation sites is 1. The van der Waals surface area contributed by atoms with Gasteiger partial charge in [-0.05, 0) is 6.07 Å². The van der Waals surface area contributed by atoms with Crippen molar-refractivity contribution in [1.82, 2.24) is 0 Å². The van der Waals surface area contributed by atoms with Crippen molar-refractivity contribution in [3.63, 3.8) is 0 Å². The van der Waals surface area contributed by atoms with Crippen molar-refractivity contribution in [2.45, 2.75) is 24.7 Å². The maximum atomic E-state index is 9.13. The Morgan fingerprint density at radius 1 is 1.43 bits per heavy atom. The van der Waals surface area contributed by atoms with Crippen molar-refractivity contribution >= 4 is 5.69 Å². The molecule has 2 heterocycles. The number of ether oxygens (including phenoxy) is 1. The largest absolute Gasteiger partial charge is 0.394 e. The molecular weight excluding hydrogens is 178 g/mol. The van der Waals surface area contributed by atoms with Gasteiger partial charge < -0.3 is 15.2 Å². The molecule has 1 aromatic carbocycles. The van der Waals surface area contributed by atoms with E-state index in [-0.39, 0.29) is 24.9 Å². The van der Waals surface area contributed by atoms with E-state index < -0.39 is 0 Å². The molecule has 2 N–H and O–H groups in total. The zero-order chi connectivity index (χ0) is 9.54. The molecule has 3 rings (SSSR count). The number of anilines is 1. The number of aliphatic hydroxyl groups is 1. The monoisotopic (exact) mass is 191 g/mol. The van der Waals surface area contributed by atoms with E-state index in [1.807, 2.05) is 12.1 Å². The minimum atomic E-state index is -0.0487. The quantitative estimate of drug-likeness (QED) is 0.703. The van der Waals surface area contributed by atoms with Gasteiger partial charge in [-0.15, -0.1) is 0 Å². The molecule has 74 valence electrons. The highest BCUT2D eigenvalue weighted by molar-refractivity contribution is 5.56. The van der Waals surface area contributed by atoms with Gasteiger partial charge >= 0.3 is 0 Å². The molecule has 3 atom stereocenters. The molecule has 1 saturated heterocycles. The third kappa shape index (κ3) is 1.06. The first-order chi connectivity index (χ1) is 6.88. The summed E-state index contributed by atoms with van der Waals surface area (Å²) in [4.78, 5) is 0. The predicted octanol–water partition coefficient (Wildman–Crippen LogP) is 1.30. The predicted molar refractivity (Wildman–Crippen MR) is 53.2 cm³/mol. The van der Waals surface area contributed by atoms with Crippen LogP contribution >= 0.6 is 0 Å². The Balaban J connectivity index is 1.99. The van der Waals surface area contributed by atoms with Crippen LogP contribution in [0.25, 0.3) is 0 Å². The molecule has 0 saturated carbocycles. The average Bonchev–Trinajstić information content (AvgIpc) is 2.57.